The third kappa shape index (κ3) is 3.18. The summed E-state index contributed by atoms with van der Waals surface area (Å²) in [5.74, 6) is 0.0344. The van der Waals surface area contributed by atoms with Crippen LogP contribution in [-0.2, 0) is 6.54 Å². The number of ketones is 1. The van der Waals surface area contributed by atoms with Crippen molar-refractivity contribution in [2.45, 2.75) is 53.1 Å². The molecule has 19 heavy (non-hydrogen) atoms. The molecule has 5 heteroatoms. The summed E-state index contributed by atoms with van der Waals surface area (Å²) in [6.07, 6.45) is 2.48. The number of likely N-dealkylation sites (N-methyl/N-ethyl adjacent to an activating group) is 1. The van der Waals surface area contributed by atoms with E-state index in [0.29, 0.717) is 17.3 Å². The number of hydrogen-bond donors (Lipinski definition) is 0. The monoisotopic (exact) mass is 285 g/mol. The number of aromatic nitrogens is 2. The van der Waals surface area contributed by atoms with Crippen molar-refractivity contribution in [3.8, 4) is 0 Å². The van der Waals surface area contributed by atoms with Gasteiger partial charge in [0.1, 0.15) is 5.69 Å². The second-order valence-electron chi connectivity index (χ2n) is 5.12. The predicted octanol–water partition coefficient (Wildman–Crippen LogP) is 3.25. The van der Waals surface area contributed by atoms with E-state index in [1.54, 1.807) is 10.9 Å². The number of halogens is 1. The Kier molecular flexibility index (Phi) is 5.56. The van der Waals surface area contributed by atoms with Crippen molar-refractivity contribution >= 4 is 17.4 Å². The quantitative estimate of drug-likeness (QED) is 0.722. The number of hydrogen-bond acceptors (Lipinski definition) is 3. The van der Waals surface area contributed by atoms with Gasteiger partial charge in [0, 0.05) is 6.54 Å². The number of carbonyl (C=O) groups excluding carboxylic acids is 1. The molecule has 0 aromatic carbocycles. The maximum atomic E-state index is 12.8. The van der Waals surface area contributed by atoms with Gasteiger partial charge in [0.25, 0.3) is 0 Å². The molecule has 0 unspecified atom stereocenters. The zero-order valence-corrected chi connectivity index (χ0v) is 13.3. The van der Waals surface area contributed by atoms with Gasteiger partial charge < -0.3 is 0 Å². The molecule has 0 aliphatic heterocycles. The topological polar surface area (TPSA) is 38.1 Å². The second-order valence-corrected chi connectivity index (χ2v) is 5.53. The molecule has 0 fully saturated rings. The van der Waals surface area contributed by atoms with E-state index in [1.165, 1.54) is 0 Å². The van der Waals surface area contributed by atoms with Crippen LogP contribution in [0.3, 0.4) is 0 Å². The smallest absolute Gasteiger partial charge is 0.201 e. The van der Waals surface area contributed by atoms with Crippen molar-refractivity contribution in [2.75, 3.05) is 13.1 Å². The maximum Gasteiger partial charge on any atom is 0.201 e. The fourth-order valence-corrected chi connectivity index (χ4v) is 2.64. The Morgan fingerprint density at radius 2 is 1.95 bits per heavy atom. The Labute approximate surface area is 120 Å². The minimum Gasteiger partial charge on any atom is -0.292 e. The van der Waals surface area contributed by atoms with Crippen molar-refractivity contribution in [1.82, 2.24) is 14.7 Å². The van der Waals surface area contributed by atoms with E-state index in [-0.39, 0.29) is 5.78 Å². The van der Waals surface area contributed by atoms with E-state index in [2.05, 4.69) is 30.8 Å². The third-order valence-electron chi connectivity index (χ3n) is 3.55. The molecule has 4 nitrogen and oxygen atoms in total. The second kappa shape index (κ2) is 6.53. The fourth-order valence-electron chi connectivity index (χ4n) is 2.42. The van der Waals surface area contributed by atoms with Gasteiger partial charge in [-0.1, -0.05) is 32.4 Å². The number of Topliss-reactive ketones (excluding diaryl/α,β-unsaturated/α-hetero) is 1. The molecule has 1 aromatic rings. The molecule has 0 aliphatic rings. The van der Waals surface area contributed by atoms with Gasteiger partial charge in [-0.05, 0) is 33.4 Å². The van der Waals surface area contributed by atoms with Crippen LogP contribution in [-0.4, -0.2) is 39.1 Å². The average Bonchev–Trinajstić information content (AvgIpc) is 2.71. The lowest BCUT2D eigenvalue weighted by atomic mass is 9.94. The first-order chi connectivity index (χ1) is 8.89. The highest BCUT2D eigenvalue weighted by atomic mass is 35.5. The molecular weight excluding hydrogens is 262 g/mol. The van der Waals surface area contributed by atoms with Crippen LogP contribution in [0.2, 0.25) is 5.02 Å². The van der Waals surface area contributed by atoms with Gasteiger partial charge in [0.05, 0.1) is 16.8 Å². The lowest BCUT2D eigenvalue weighted by molar-refractivity contribution is 0.0657. The van der Waals surface area contributed by atoms with Crippen molar-refractivity contribution < 1.29 is 4.79 Å². The summed E-state index contributed by atoms with van der Waals surface area (Å²) in [6, 6.07) is 0. The number of nitrogens with zero attached hydrogens (tertiary/aromatic N) is 3. The van der Waals surface area contributed by atoms with Crippen LogP contribution in [0.4, 0.5) is 0 Å². The molecular formula is C14H24ClN3O. The van der Waals surface area contributed by atoms with Crippen molar-refractivity contribution in [3.05, 3.63) is 16.9 Å². The Morgan fingerprint density at radius 1 is 1.37 bits per heavy atom. The molecule has 1 rings (SSSR count). The highest BCUT2D eigenvalue weighted by molar-refractivity contribution is 6.34. The maximum absolute atomic E-state index is 12.8. The summed E-state index contributed by atoms with van der Waals surface area (Å²) >= 11 is 6.15. The predicted molar refractivity (Wildman–Crippen MR) is 78.9 cm³/mol. The van der Waals surface area contributed by atoms with Gasteiger partial charge in [-0.2, -0.15) is 5.10 Å². The standard InChI is InChI=1S/C14H24ClN3O/c1-6-9-18-12(11(15)10-16-18)13(19)14(4,5)17(7-2)8-3/h10H,6-9H2,1-5H3. The zero-order valence-electron chi connectivity index (χ0n) is 12.5. The van der Waals surface area contributed by atoms with Gasteiger partial charge in [0.15, 0.2) is 0 Å². The first-order valence-corrected chi connectivity index (χ1v) is 7.29. The Bertz CT molecular complexity index is 436. The van der Waals surface area contributed by atoms with Gasteiger partial charge in [-0.25, -0.2) is 0 Å². The lowest BCUT2D eigenvalue weighted by Crippen LogP contribution is -2.50. The molecule has 1 heterocycles. The van der Waals surface area contributed by atoms with Crippen LogP contribution in [0.15, 0.2) is 6.20 Å². The molecule has 0 saturated heterocycles. The summed E-state index contributed by atoms with van der Waals surface area (Å²) in [4.78, 5) is 15.0. The molecule has 0 bridgehead atoms. The van der Waals surface area contributed by atoms with Crippen LogP contribution in [0.25, 0.3) is 0 Å². The van der Waals surface area contributed by atoms with Crippen molar-refractivity contribution in [1.29, 1.82) is 0 Å². The molecule has 0 atom stereocenters. The highest BCUT2D eigenvalue weighted by Gasteiger charge is 2.36. The molecule has 0 aliphatic carbocycles. The Morgan fingerprint density at radius 3 is 2.42 bits per heavy atom. The van der Waals surface area contributed by atoms with Gasteiger partial charge in [0.2, 0.25) is 5.78 Å². The highest BCUT2D eigenvalue weighted by Crippen LogP contribution is 2.25. The largest absolute Gasteiger partial charge is 0.292 e. The van der Waals surface area contributed by atoms with Crippen molar-refractivity contribution in [2.24, 2.45) is 0 Å². The van der Waals surface area contributed by atoms with Gasteiger partial charge in [-0.3, -0.25) is 14.4 Å². The van der Waals surface area contributed by atoms with Crippen LogP contribution in [0.1, 0.15) is 51.5 Å². The van der Waals surface area contributed by atoms with E-state index in [0.717, 1.165) is 19.5 Å². The summed E-state index contributed by atoms with van der Waals surface area (Å²) in [6.45, 7) is 12.4. The van der Waals surface area contributed by atoms with E-state index in [9.17, 15) is 4.79 Å². The van der Waals surface area contributed by atoms with Crippen molar-refractivity contribution in [3.63, 3.8) is 0 Å². The van der Waals surface area contributed by atoms with Crippen LogP contribution in [0.5, 0.6) is 0 Å². The summed E-state index contributed by atoms with van der Waals surface area (Å²) < 4.78 is 1.72. The van der Waals surface area contributed by atoms with Gasteiger partial charge in [-0.15, -0.1) is 0 Å². The van der Waals surface area contributed by atoms with E-state index in [4.69, 9.17) is 11.6 Å². The third-order valence-corrected chi connectivity index (χ3v) is 3.83. The molecule has 0 spiro atoms. The minimum atomic E-state index is -0.571. The first kappa shape index (κ1) is 16.2. The van der Waals surface area contributed by atoms with Crippen LogP contribution in [0, 0.1) is 0 Å². The van der Waals surface area contributed by atoms with Crippen LogP contribution >= 0.6 is 11.6 Å². The molecule has 108 valence electrons. The molecule has 0 amide bonds. The van der Waals surface area contributed by atoms with E-state index < -0.39 is 5.54 Å². The minimum absolute atomic E-state index is 0.0344. The number of aryl methyl sites for hydroxylation is 1. The molecule has 0 N–H and O–H groups in total. The number of rotatable bonds is 7. The molecule has 1 aromatic heterocycles. The Hall–Kier alpha value is -0.870. The SMILES string of the molecule is CCCn1ncc(Cl)c1C(=O)C(C)(C)N(CC)CC. The fraction of sp³-hybridized carbons (Fsp3) is 0.714. The number of carbonyl (C=O) groups is 1. The molecule has 0 saturated carbocycles. The van der Waals surface area contributed by atoms with E-state index in [1.807, 2.05) is 13.8 Å². The van der Waals surface area contributed by atoms with Gasteiger partial charge >= 0.3 is 0 Å². The summed E-state index contributed by atoms with van der Waals surface area (Å²) in [7, 11) is 0. The summed E-state index contributed by atoms with van der Waals surface area (Å²) in [5.41, 5.74) is -0.0426. The zero-order chi connectivity index (χ0) is 14.6. The first-order valence-electron chi connectivity index (χ1n) is 6.91. The van der Waals surface area contributed by atoms with Crippen LogP contribution < -0.4 is 0 Å². The Balaban J connectivity index is 3.15. The summed E-state index contributed by atoms with van der Waals surface area (Å²) in [5, 5.41) is 4.64. The molecule has 0 radical (unpaired) electrons. The normalized spacial score (nSPS) is 12.2. The lowest BCUT2D eigenvalue weighted by Gasteiger charge is -2.35. The average molecular weight is 286 g/mol. The van der Waals surface area contributed by atoms with E-state index >= 15 is 0 Å².